The summed E-state index contributed by atoms with van der Waals surface area (Å²) in [6.45, 7) is 0.363. The van der Waals surface area contributed by atoms with E-state index in [-0.39, 0.29) is 11.3 Å². The van der Waals surface area contributed by atoms with Gasteiger partial charge in [0, 0.05) is 18.4 Å². The molecule has 1 aromatic rings. The van der Waals surface area contributed by atoms with Crippen molar-refractivity contribution in [3.05, 3.63) is 59.5 Å². The molecule has 3 rings (SSSR count). The van der Waals surface area contributed by atoms with Crippen molar-refractivity contribution in [2.75, 3.05) is 36.2 Å². The highest BCUT2D eigenvalue weighted by Crippen LogP contribution is 2.35. The Morgan fingerprint density at radius 3 is 2.43 bits per heavy atom. The molecule has 0 saturated carbocycles. The molecule has 9 heteroatoms. The number of hydrogen-bond donors (Lipinski definition) is 0. The first-order chi connectivity index (χ1) is 13.3. The number of sulfonamides is 1. The fraction of sp³-hybridized carbons (Fsp3) is 0.263. The normalized spacial score (nSPS) is 16.1. The van der Waals surface area contributed by atoms with Crippen LogP contribution in [0.15, 0.2) is 53.9 Å². The number of nitrogens with zero attached hydrogens (tertiary/aromatic N) is 2. The molecule has 0 bridgehead atoms. The van der Waals surface area contributed by atoms with Crippen LogP contribution in [-0.2, 0) is 35.5 Å². The minimum atomic E-state index is -3.36. The number of benzene rings is 1. The summed E-state index contributed by atoms with van der Waals surface area (Å²) < 4.78 is 34.9. The Bertz CT molecular complexity index is 1020. The molecule has 2 aliphatic heterocycles. The van der Waals surface area contributed by atoms with E-state index in [1.807, 2.05) is 0 Å². The SMILES string of the molecule is COC(=O)C1=C(C(=O)OC)N(c2ccc3c(c2)CCN3S(C)(=O)=O)C=CC=C1. The molecule has 0 amide bonds. The number of anilines is 2. The molecule has 0 atom stereocenters. The van der Waals surface area contributed by atoms with Crippen molar-refractivity contribution in [2.45, 2.75) is 6.42 Å². The third-order valence-electron chi connectivity index (χ3n) is 4.48. The number of methoxy groups -OCH3 is 2. The lowest BCUT2D eigenvalue weighted by Gasteiger charge is -2.24. The van der Waals surface area contributed by atoms with Crippen LogP contribution in [-0.4, -0.2) is 47.4 Å². The largest absolute Gasteiger partial charge is 0.465 e. The second kappa shape index (κ2) is 7.51. The fourth-order valence-electron chi connectivity index (χ4n) is 3.22. The monoisotopic (exact) mass is 404 g/mol. The van der Waals surface area contributed by atoms with Gasteiger partial charge >= 0.3 is 11.9 Å². The van der Waals surface area contributed by atoms with Crippen LogP contribution in [0.5, 0.6) is 0 Å². The zero-order chi connectivity index (χ0) is 20.5. The highest BCUT2D eigenvalue weighted by Gasteiger charge is 2.30. The van der Waals surface area contributed by atoms with Crippen molar-refractivity contribution in [3.8, 4) is 0 Å². The first kappa shape index (κ1) is 19.7. The maximum atomic E-state index is 12.5. The molecule has 0 fully saturated rings. The number of carbonyl (C=O) groups is 2. The van der Waals surface area contributed by atoms with Gasteiger partial charge in [0.2, 0.25) is 10.0 Å². The second-order valence-electron chi connectivity index (χ2n) is 6.21. The summed E-state index contributed by atoms with van der Waals surface area (Å²) in [7, 11) is -0.898. The van der Waals surface area contributed by atoms with Gasteiger partial charge in [-0.25, -0.2) is 18.0 Å². The summed E-state index contributed by atoms with van der Waals surface area (Å²) in [6, 6.07) is 5.18. The van der Waals surface area contributed by atoms with E-state index in [0.717, 1.165) is 5.56 Å². The van der Waals surface area contributed by atoms with Gasteiger partial charge in [-0.05, 0) is 42.3 Å². The molecule has 0 saturated heterocycles. The van der Waals surface area contributed by atoms with Crippen LogP contribution in [0, 0.1) is 0 Å². The van der Waals surface area contributed by atoms with Gasteiger partial charge in [0.05, 0.1) is 31.7 Å². The number of rotatable bonds is 4. The first-order valence-corrected chi connectivity index (χ1v) is 10.3. The van der Waals surface area contributed by atoms with E-state index in [9.17, 15) is 18.0 Å². The lowest BCUT2D eigenvalue weighted by atomic mass is 10.1. The van der Waals surface area contributed by atoms with Crippen LogP contribution < -0.4 is 9.21 Å². The quantitative estimate of drug-likeness (QED) is 0.702. The zero-order valence-corrected chi connectivity index (χ0v) is 16.5. The van der Waals surface area contributed by atoms with Gasteiger partial charge in [-0.2, -0.15) is 0 Å². The van der Waals surface area contributed by atoms with Crippen LogP contribution in [0.3, 0.4) is 0 Å². The van der Waals surface area contributed by atoms with Crippen molar-refractivity contribution in [2.24, 2.45) is 0 Å². The van der Waals surface area contributed by atoms with Crippen molar-refractivity contribution in [3.63, 3.8) is 0 Å². The van der Waals surface area contributed by atoms with Gasteiger partial charge in [0.15, 0.2) is 0 Å². The Labute approximate surface area is 163 Å². The van der Waals surface area contributed by atoms with Gasteiger partial charge in [-0.15, -0.1) is 0 Å². The van der Waals surface area contributed by atoms with E-state index in [1.54, 1.807) is 36.6 Å². The smallest absolute Gasteiger partial charge is 0.355 e. The van der Waals surface area contributed by atoms with Gasteiger partial charge in [0.25, 0.3) is 0 Å². The molecule has 148 valence electrons. The summed E-state index contributed by atoms with van der Waals surface area (Å²) in [5.41, 5.74) is 2.10. The molecule has 0 aliphatic carbocycles. The Hall–Kier alpha value is -3.07. The van der Waals surface area contributed by atoms with E-state index in [4.69, 9.17) is 9.47 Å². The van der Waals surface area contributed by atoms with E-state index in [1.165, 1.54) is 35.8 Å². The summed E-state index contributed by atoms with van der Waals surface area (Å²) in [6.07, 6.45) is 8.12. The molecular formula is C19H20N2O6S. The van der Waals surface area contributed by atoms with Crippen LogP contribution in [0.2, 0.25) is 0 Å². The van der Waals surface area contributed by atoms with Gasteiger partial charge < -0.3 is 14.4 Å². The molecule has 0 aromatic heterocycles. The fourth-order valence-corrected chi connectivity index (χ4v) is 4.18. The minimum Gasteiger partial charge on any atom is -0.465 e. The Morgan fingerprint density at radius 2 is 1.79 bits per heavy atom. The molecule has 2 heterocycles. The number of hydrogen-bond acceptors (Lipinski definition) is 7. The molecule has 28 heavy (non-hydrogen) atoms. The number of fused-ring (bicyclic) bond motifs is 1. The van der Waals surface area contributed by atoms with Crippen molar-refractivity contribution in [1.82, 2.24) is 0 Å². The lowest BCUT2D eigenvalue weighted by Crippen LogP contribution is -2.28. The van der Waals surface area contributed by atoms with Crippen LogP contribution in [0.4, 0.5) is 11.4 Å². The minimum absolute atomic E-state index is 0.0114. The lowest BCUT2D eigenvalue weighted by molar-refractivity contribution is -0.139. The summed E-state index contributed by atoms with van der Waals surface area (Å²) in [5.74, 6) is -1.37. The maximum absolute atomic E-state index is 12.5. The van der Waals surface area contributed by atoms with Crippen molar-refractivity contribution < 1.29 is 27.5 Å². The standard InChI is InChI=1S/C19H20N2O6S/c1-26-18(22)15-6-4-5-10-20(17(15)19(23)27-2)14-7-8-16-13(12-14)9-11-21(16)28(3,24)25/h4-8,10,12H,9,11H2,1-3H3. The van der Waals surface area contributed by atoms with Crippen molar-refractivity contribution in [1.29, 1.82) is 0 Å². The van der Waals surface area contributed by atoms with Crippen LogP contribution in [0.1, 0.15) is 5.56 Å². The predicted molar refractivity (Wildman–Crippen MR) is 104 cm³/mol. The molecule has 2 aliphatic rings. The van der Waals surface area contributed by atoms with E-state index in [2.05, 4.69) is 0 Å². The highest BCUT2D eigenvalue weighted by atomic mass is 32.2. The van der Waals surface area contributed by atoms with E-state index in [0.29, 0.717) is 24.3 Å². The van der Waals surface area contributed by atoms with Crippen LogP contribution >= 0.6 is 0 Å². The predicted octanol–water partition coefficient (Wildman–Crippen LogP) is 1.50. The molecule has 1 aromatic carbocycles. The summed E-state index contributed by atoms with van der Waals surface area (Å²) in [5, 5.41) is 0. The van der Waals surface area contributed by atoms with Crippen molar-refractivity contribution >= 4 is 33.3 Å². The topological polar surface area (TPSA) is 93.2 Å². The Balaban J connectivity index is 2.11. The third kappa shape index (κ3) is 3.53. The molecule has 0 unspecified atom stereocenters. The maximum Gasteiger partial charge on any atom is 0.355 e. The first-order valence-electron chi connectivity index (χ1n) is 8.43. The zero-order valence-electron chi connectivity index (χ0n) is 15.7. The second-order valence-corrected chi connectivity index (χ2v) is 8.12. The Morgan fingerprint density at radius 1 is 1.07 bits per heavy atom. The van der Waals surface area contributed by atoms with Gasteiger partial charge in [0.1, 0.15) is 5.70 Å². The summed E-state index contributed by atoms with van der Waals surface area (Å²) >= 11 is 0. The number of ether oxygens (including phenoxy) is 2. The Kier molecular flexibility index (Phi) is 5.28. The number of carbonyl (C=O) groups excluding carboxylic acids is 2. The highest BCUT2D eigenvalue weighted by molar-refractivity contribution is 7.92. The average molecular weight is 404 g/mol. The number of allylic oxidation sites excluding steroid dienone is 2. The molecule has 0 spiro atoms. The molecule has 0 N–H and O–H groups in total. The molecule has 0 radical (unpaired) electrons. The number of esters is 2. The van der Waals surface area contributed by atoms with Gasteiger partial charge in [-0.3, -0.25) is 4.31 Å². The van der Waals surface area contributed by atoms with E-state index >= 15 is 0 Å². The summed E-state index contributed by atoms with van der Waals surface area (Å²) in [4.78, 5) is 26.2. The van der Waals surface area contributed by atoms with E-state index < -0.39 is 22.0 Å². The average Bonchev–Trinajstić information content (AvgIpc) is 2.98. The molecule has 8 nitrogen and oxygen atoms in total. The van der Waals surface area contributed by atoms with Crippen LogP contribution in [0.25, 0.3) is 0 Å². The molecular weight excluding hydrogens is 384 g/mol. The van der Waals surface area contributed by atoms with Gasteiger partial charge in [-0.1, -0.05) is 6.08 Å². The third-order valence-corrected chi connectivity index (χ3v) is 5.66.